The maximum atomic E-state index is 4.08. The summed E-state index contributed by atoms with van der Waals surface area (Å²) in [4.78, 5) is 6.43. The van der Waals surface area contributed by atoms with E-state index >= 15 is 0 Å². The fraction of sp³-hybridized carbons (Fsp3) is 0.545. The molecular weight excluding hydrogens is 188 g/mol. The van der Waals surface area contributed by atoms with E-state index in [2.05, 4.69) is 34.3 Å². The lowest BCUT2D eigenvalue weighted by molar-refractivity contribution is 0.179. The SMILES string of the molecule is Cc1cnccc1NN1CCN(C)CC1. The van der Waals surface area contributed by atoms with E-state index in [0.717, 1.165) is 31.9 Å². The topological polar surface area (TPSA) is 31.4 Å². The third-order valence-electron chi connectivity index (χ3n) is 2.80. The van der Waals surface area contributed by atoms with Gasteiger partial charge in [0.05, 0.1) is 5.69 Å². The summed E-state index contributed by atoms with van der Waals surface area (Å²) >= 11 is 0. The first-order valence-corrected chi connectivity index (χ1v) is 5.36. The Kier molecular flexibility index (Phi) is 3.18. The van der Waals surface area contributed by atoms with Crippen molar-refractivity contribution in [3.63, 3.8) is 0 Å². The highest BCUT2D eigenvalue weighted by Crippen LogP contribution is 2.13. The number of piperazine rings is 1. The van der Waals surface area contributed by atoms with Crippen molar-refractivity contribution in [1.82, 2.24) is 14.9 Å². The predicted octanol–water partition coefficient (Wildman–Crippen LogP) is 0.964. The molecule has 1 fully saturated rings. The first-order chi connectivity index (χ1) is 7.25. The number of nitrogens with zero attached hydrogens (tertiary/aromatic N) is 3. The van der Waals surface area contributed by atoms with E-state index in [9.17, 15) is 0 Å². The molecule has 15 heavy (non-hydrogen) atoms. The molecule has 1 saturated heterocycles. The second-order valence-electron chi connectivity index (χ2n) is 4.09. The van der Waals surface area contributed by atoms with Crippen LogP contribution in [0.1, 0.15) is 5.56 Å². The molecule has 1 aromatic rings. The Bertz CT molecular complexity index is 318. The Balaban J connectivity index is 1.95. The van der Waals surface area contributed by atoms with Crippen molar-refractivity contribution in [1.29, 1.82) is 0 Å². The summed E-state index contributed by atoms with van der Waals surface area (Å²) in [5.74, 6) is 0. The molecule has 0 unspecified atom stereocenters. The van der Waals surface area contributed by atoms with Crippen LogP contribution in [-0.4, -0.2) is 48.1 Å². The Morgan fingerprint density at radius 1 is 1.27 bits per heavy atom. The third-order valence-corrected chi connectivity index (χ3v) is 2.80. The fourth-order valence-corrected chi connectivity index (χ4v) is 1.69. The van der Waals surface area contributed by atoms with E-state index in [4.69, 9.17) is 0 Å². The van der Waals surface area contributed by atoms with Crippen LogP contribution in [0.2, 0.25) is 0 Å². The third kappa shape index (κ3) is 2.67. The lowest BCUT2D eigenvalue weighted by atomic mass is 10.3. The van der Waals surface area contributed by atoms with E-state index in [1.54, 1.807) is 0 Å². The molecule has 0 amide bonds. The van der Waals surface area contributed by atoms with Gasteiger partial charge in [-0.15, -0.1) is 0 Å². The van der Waals surface area contributed by atoms with E-state index in [1.165, 1.54) is 5.56 Å². The Morgan fingerprint density at radius 2 is 2.00 bits per heavy atom. The molecule has 2 heterocycles. The summed E-state index contributed by atoms with van der Waals surface area (Å²) in [7, 11) is 2.16. The number of likely N-dealkylation sites (N-methyl/N-ethyl adjacent to an activating group) is 1. The van der Waals surface area contributed by atoms with Gasteiger partial charge < -0.3 is 10.3 Å². The zero-order valence-corrected chi connectivity index (χ0v) is 9.40. The monoisotopic (exact) mass is 206 g/mol. The number of hydrogen-bond donors (Lipinski definition) is 1. The van der Waals surface area contributed by atoms with Gasteiger partial charge in [-0.1, -0.05) is 0 Å². The normalized spacial score (nSPS) is 19.1. The van der Waals surface area contributed by atoms with Crippen LogP contribution >= 0.6 is 0 Å². The Labute approximate surface area is 90.9 Å². The van der Waals surface area contributed by atoms with Gasteiger partial charge in [0, 0.05) is 38.6 Å². The number of pyridine rings is 1. The Hall–Kier alpha value is -1.13. The fourth-order valence-electron chi connectivity index (χ4n) is 1.69. The Morgan fingerprint density at radius 3 is 2.67 bits per heavy atom. The molecule has 1 aromatic heterocycles. The maximum absolute atomic E-state index is 4.08. The predicted molar refractivity (Wildman–Crippen MR) is 61.7 cm³/mol. The highest BCUT2D eigenvalue weighted by Gasteiger charge is 2.13. The van der Waals surface area contributed by atoms with Gasteiger partial charge in [-0.2, -0.15) is 0 Å². The van der Waals surface area contributed by atoms with Gasteiger partial charge in [0.2, 0.25) is 0 Å². The van der Waals surface area contributed by atoms with E-state index < -0.39 is 0 Å². The highest BCUT2D eigenvalue weighted by atomic mass is 15.5. The van der Waals surface area contributed by atoms with Crippen molar-refractivity contribution in [2.24, 2.45) is 0 Å². The number of anilines is 1. The summed E-state index contributed by atoms with van der Waals surface area (Å²) in [5.41, 5.74) is 5.79. The smallest absolute Gasteiger partial charge is 0.0549 e. The molecule has 0 radical (unpaired) electrons. The van der Waals surface area contributed by atoms with E-state index in [0.29, 0.717) is 0 Å². The van der Waals surface area contributed by atoms with Gasteiger partial charge in [-0.25, -0.2) is 5.01 Å². The molecule has 0 spiro atoms. The number of hydrogen-bond acceptors (Lipinski definition) is 4. The number of nitrogens with one attached hydrogen (secondary N) is 1. The molecule has 82 valence electrons. The van der Waals surface area contributed by atoms with Crippen LogP contribution in [0, 0.1) is 6.92 Å². The van der Waals surface area contributed by atoms with Crippen molar-refractivity contribution in [3.05, 3.63) is 24.0 Å². The number of aryl methyl sites for hydroxylation is 1. The molecular formula is C11H18N4. The van der Waals surface area contributed by atoms with Gasteiger partial charge in [0.25, 0.3) is 0 Å². The molecule has 0 bridgehead atoms. The summed E-state index contributed by atoms with van der Waals surface area (Å²) in [6, 6.07) is 2.02. The van der Waals surface area contributed by atoms with Crippen molar-refractivity contribution in [2.75, 3.05) is 38.7 Å². The summed E-state index contributed by atoms with van der Waals surface area (Å²) in [5, 5.41) is 2.27. The minimum Gasteiger partial charge on any atom is -0.318 e. The first kappa shape index (κ1) is 10.4. The quantitative estimate of drug-likeness (QED) is 0.781. The average Bonchev–Trinajstić information content (AvgIpc) is 2.25. The van der Waals surface area contributed by atoms with Gasteiger partial charge in [-0.3, -0.25) is 4.98 Å². The summed E-state index contributed by atoms with van der Waals surface area (Å²) in [6.45, 7) is 6.45. The molecule has 1 N–H and O–H groups in total. The van der Waals surface area contributed by atoms with Gasteiger partial charge in [0.1, 0.15) is 0 Å². The van der Waals surface area contributed by atoms with Gasteiger partial charge in [0.15, 0.2) is 0 Å². The van der Waals surface area contributed by atoms with Crippen LogP contribution in [0.25, 0.3) is 0 Å². The van der Waals surface area contributed by atoms with Crippen molar-refractivity contribution in [2.45, 2.75) is 6.92 Å². The van der Waals surface area contributed by atoms with Crippen molar-refractivity contribution < 1.29 is 0 Å². The average molecular weight is 206 g/mol. The lowest BCUT2D eigenvalue weighted by Gasteiger charge is -2.33. The molecule has 0 aliphatic carbocycles. The van der Waals surface area contributed by atoms with E-state index in [-0.39, 0.29) is 0 Å². The molecule has 4 heteroatoms. The van der Waals surface area contributed by atoms with Crippen molar-refractivity contribution >= 4 is 5.69 Å². The summed E-state index contributed by atoms with van der Waals surface area (Å²) in [6.07, 6.45) is 3.71. The lowest BCUT2D eigenvalue weighted by Crippen LogP contribution is -2.47. The van der Waals surface area contributed by atoms with Crippen LogP contribution in [-0.2, 0) is 0 Å². The second-order valence-corrected chi connectivity index (χ2v) is 4.09. The van der Waals surface area contributed by atoms with Gasteiger partial charge >= 0.3 is 0 Å². The molecule has 0 atom stereocenters. The van der Waals surface area contributed by atoms with Crippen LogP contribution in [0.4, 0.5) is 5.69 Å². The van der Waals surface area contributed by atoms with Gasteiger partial charge in [-0.05, 0) is 25.6 Å². The second kappa shape index (κ2) is 4.59. The zero-order chi connectivity index (χ0) is 10.7. The molecule has 0 aromatic carbocycles. The highest BCUT2D eigenvalue weighted by molar-refractivity contribution is 5.47. The van der Waals surface area contributed by atoms with Crippen molar-refractivity contribution in [3.8, 4) is 0 Å². The van der Waals surface area contributed by atoms with Crippen LogP contribution in [0.5, 0.6) is 0 Å². The maximum Gasteiger partial charge on any atom is 0.0549 e. The molecule has 2 rings (SSSR count). The number of rotatable bonds is 2. The molecule has 4 nitrogen and oxygen atoms in total. The minimum atomic E-state index is 1.07. The number of hydrazine groups is 1. The van der Waals surface area contributed by atoms with Crippen LogP contribution in [0.3, 0.4) is 0 Å². The first-order valence-electron chi connectivity index (χ1n) is 5.36. The molecule has 1 aliphatic heterocycles. The largest absolute Gasteiger partial charge is 0.318 e. The van der Waals surface area contributed by atoms with E-state index in [1.807, 2.05) is 18.5 Å². The zero-order valence-electron chi connectivity index (χ0n) is 9.40. The number of aromatic nitrogens is 1. The standard InChI is InChI=1S/C11H18N4/c1-10-9-12-4-3-11(10)13-15-7-5-14(2)6-8-15/h3-4,9H,5-8H2,1-2H3,(H,12,13). The van der Waals surface area contributed by atoms with Crippen LogP contribution in [0.15, 0.2) is 18.5 Å². The molecule has 1 aliphatic rings. The minimum absolute atomic E-state index is 1.07. The molecule has 0 saturated carbocycles. The summed E-state index contributed by atoms with van der Waals surface area (Å²) < 4.78 is 0. The van der Waals surface area contributed by atoms with Crippen LogP contribution < -0.4 is 5.43 Å².